The fourth-order valence-corrected chi connectivity index (χ4v) is 1.63. The van der Waals surface area contributed by atoms with Gasteiger partial charge in [-0.3, -0.25) is 4.79 Å². The van der Waals surface area contributed by atoms with Gasteiger partial charge in [0.25, 0.3) is 0 Å². The SMILES string of the molecule is COc1cc(Nc2ncnc(Cl)c2C=O)ccc1F. The second-order valence-electron chi connectivity index (χ2n) is 3.52. The first-order chi connectivity index (χ1) is 9.15. The van der Waals surface area contributed by atoms with Crippen LogP contribution < -0.4 is 10.1 Å². The van der Waals surface area contributed by atoms with Gasteiger partial charge in [0.1, 0.15) is 17.3 Å². The summed E-state index contributed by atoms with van der Waals surface area (Å²) in [7, 11) is 1.36. The lowest BCUT2D eigenvalue weighted by molar-refractivity contribution is 0.112. The standard InChI is InChI=1S/C12H9ClFN3O2/c1-19-10-4-7(2-3-9(10)14)17-12-8(5-18)11(13)15-6-16-12/h2-6H,1H3,(H,15,16,17). The molecule has 2 aromatic rings. The minimum atomic E-state index is -0.482. The molecule has 1 heterocycles. The van der Waals surface area contributed by atoms with E-state index < -0.39 is 5.82 Å². The molecule has 0 saturated carbocycles. The smallest absolute Gasteiger partial charge is 0.165 e. The zero-order valence-corrected chi connectivity index (χ0v) is 10.6. The number of hydrogen-bond acceptors (Lipinski definition) is 5. The molecule has 1 aromatic carbocycles. The van der Waals surface area contributed by atoms with Crippen LogP contribution in [0.3, 0.4) is 0 Å². The number of halogens is 2. The van der Waals surface area contributed by atoms with Gasteiger partial charge in [0.05, 0.1) is 12.7 Å². The molecule has 5 nitrogen and oxygen atoms in total. The van der Waals surface area contributed by atoms with E-state index in [2.05, 4.69) is 15.3 Å². The number of carbonyl (C=O) groups is 1. The first kappa shape index (κ1) is 13.2. The van der Waals surface area contributed by atoms with Crippen LogP contribution in [0, 0.1) is 5.82 Å². The summed E-state index contributed by atoms with van der Waals surface area (Å²) in [6.07, 6.45) is 1.77. The van der Waals surface area contributed by atoms with Crippen molar-refractivity contribution >= 4 is 29.4 Å². The van der Waals surface area contributed by atoms with Crippen molar-refractivity contribution in [3.63, 3.8) is 0 Å². The Morgan fingerprint density at radius 2 is 2.21 bits per heavy atom. The lowest BCUT2D eigenvalue weighted by atomic mass is 10.2. The quantitative estimate of drug-likeness (QED) is 0.689. The van der Waals surface area contributed by atoms with Crippen LogP contribution in [0.5, 0.6) is 5.75 Å². The summed E-state index contributed by atoms with van der Waals surface area (Å²) in [4.78, 5) is 18.5. The molecular formula is C12H9ClFN3O2. The third-order valence-electron chi connectivity index (χ3n) is 2.37. The average molecular weight is 282 g/mol. The molecule has 1 N–H and O–H groups in total. The number of hydrogen-bond donors (Lipinski definition) is 1. The normalized spacial score (nSPS) is 10.1. The topological polar surface area (TPSA) is 64.1 Å². The third-order valence-corrected chi connectivity index (χ3v) is 2.67. The second-order valence-corrected chi connectivity index (χ2v) is 3.88. The molecule has 0 bridgehead atoms. The minimum absolute atomic E-state index is 0.0431. The van der Waals surface area contributed by atoms with Gasteiger partial charge in [-0.15, -0.1) is 0 Å². The predicted molar refractivity (Wildman–Crippen MR) is 68.7 cm³/mol. The molecule has 0 unspecified atom stereocenters. The van der Waals surface area contributed by atoms with Crippen LogP contribution in [0.4, 0.5) is 15.9 Å². The molecule has 0 amide bonds. The molecule has 98 valence electrons. The van der Waals surface area contributed by atoms with E-state index in [9.17, 15) is 9.18 Å². The van der Waals surface area contributed by atoms with Gasteiger partial charge in [-0.2, -0.15) is 0 Å². The van der Waals surface area contributed by atoms with E-state index in [-0.39, 0.29) is 22.3 Å². The van der Waals surface area contributed by atoms with Gasteiger partial charge in [0.15, 0.2) is 17.9 Å². The summed E-state index contributed by atoms with van der Waals surface area (Å²) in [5.41, 5.74) is 0.642. The minimum Gasteiger partial charge on any atom is -0.494 e. The number of benzene rings is 1. The predicted octanol–water partition coefficient (Wildman–Crippen LogP) is 2.83. The number of anilines is 2. The van der Waals surface area contributed by atoms with Crippen molar-refractivity contribution in [2.75, 3.05) is 12.4 Å². The molecule has 2 rings (SSSR count). The van der Waals surface area contributed by atoms with Crippen molar-refractivity contribution < 1.29 is 13.9 Å². The number of nitrogens with zero attached hydrogens (tertiary/aromatic N) is 2. The van der Waals surface area contributed by atoms with Crippen molar-refractivity contribution in [1.82, 2.24) is 9.97 Å². The molecular weight excluding hydrogens is 273 g/mol. The molecule has 0 fully saturated rings. The van der Waals surface area contributed by atoms with Gasteiger partial charge in [-0.25, -0.2) is 14.4 Å². The van der Waals surface area contributed by atoms with Crippen molar-refractivity contribution in [2.24, 2.45) is 0 Å². The van der Waals surface area contributed by atoms with Crippen molar-refractivity contribution in [1.29, 1.82) is 0 Å². The molecule has 0 saturated heterocycles. The largest absolute Gasteiger partial charge is 0.494 e. The number of carbonyl (C=O) groups excluding carboxylic acids is 1. The second kappa shape index (κ2) is 5.62. The van der Waals surface area contributed by atoms with E-state index in [0.29, 0.717) is 12.0 Å². The number of methoxy groups -OCH3 is 1. The van der Waals surface area contributed by atoms with E-state index in [4.69, 9.17) is 16.3 Å². The zero-order valence-electron chi connectivity index (χ0n) is 9.85. The van der Waals surface area contributed by atoms with Crippen LogP contribution in [-0.2, 0) is 0 Å². The van der Waals surface area contributed by atoms with E-state index in [1.807, 2.05) is 0 Å². The first-order valence-electron chi connectivity index (χ1n) is 5.22. The van der Waals surface area contributed by atoms with Crippen LogP contribution in [0.15, 0.2) is 24.5 Å². The number of nitrogens with one attached hydrogen (secondary N) is 1. The monoisotopic (exact) mass is 281 g/mol. The van der Waals surface area contributed by atoms with Crippen LogP contribution in [0.1, 0.15) is 10.4 Å². The molecule has 0 atom stereocenters. The third kappa shape index (κ3) is 2.79. The Kier molecular flexibility index (Phi) is 3.91. The Labute approximate surface area is 113 Å². The molecule has 0 aliphatic heterocycles. The lowest BCUT2D eigenvalue weighted by Gasteiger charge is -2.09. The van der Waals surface area contributed by atoms with E-state index in [0.717, 1.165) is 0 Å². The summed E-state index contributed by atoms with van der Waals surface area (Å²) >= 11 is 5.77. The van der Waals surface area contributed by atoms with Crippen LogP contribution in [0.2, 0.25) is 5.15 Å². The first-order valence-corrected chi connectivity index (χ1v) is 5.59. The fraction of sp³-hybridized carbons (Fsp3) is 0.0833. The molecule has 7 heteroatoms. The maximum atomic E-state index is 13.3. The van der Waals surface area contributed by atoms with E-state index >= 15 is 0 Å². The van der Waals surface area contributed by atoms with Gasteiger partial charge in [0.2, 0.25) is 0 Å². The Morgan fingerprint density at radius 3 is 2.89 bits per heavy atom. The molecule has 0 radical (unpaired) electrons. The van der Waals surface area contributed by atoms with Crippen molar-refractivity contribution in [2.45, 2.75) is 0 Å². The zero-order chi connectivity index (χ0) is 13.8. The van der Waals surface area contributed by atoms with Gasteiger partial charge < -0.3 is 10.1 Å². The summed E-state index contributed by atoms with van der Waals surface area (Å²) in [5, 5.41) is 2.90. The number of aldehydes is 1. The van der Waals surface area contributed by atoms with Gasteiger partial charge in [-0.1, -0.05) is 11.6 Å². The fourth-order valence-electron chi connectivity index (χ4n) is 1.45. The summed E-state index contributed by atoms with van der Waals surface area (Å²) < 4.78 is 18.1. The van der Waals surface area contributed by atoms with Crippen LogP contribution in [-0.4, -0.2) is 23.4 Å². The lowest BCUT2D eigenvalue weighted by Crippen LogP contribution is -2.01. The van der Waals surface area contributed by atoms with Crippen molar-refractivity contribution in [3.8, 4) is 5.75 Å². The van der Waals surface area contributed by atoms with Gasteiger partial charge in [0, 0.05) is 11.8 Å². The summed E-state index contributed by atoms with van der Waals surface area (Å²) in [5.74, 6) is -0.161. The summed E-state index contributed by atoms with van der Waals surface area (Å²) in [6.45, 7) is 0. The maximum absolute atomic E-state index is 13.3. The average Bonchev–Trinajstić information content (AvgIpc) is 2.41. The number of aromatic nitrogens is 2. The van der Waals surface area contributed by atoms with Gasteiger partial charge in [-0.05, 0) is 12.1 Å². The summed E-state index contributed by atoms with van der Waals surface area (Å²) in [6, 6.07) is 4.17. The Balaban J connectivity index is 2.36. The highest BCUT2D eigenvalue weighted by Crippen LogP contribution is 2.26. The highest BCUT2D eigenvalue weighted by molar-refractivity contribution is 6.32. The van der Waals surface area contributed by atoms with Crippen molar-refractivity contribution in [3.05, 3.63) is 41.1 Å². The Hall–Kier alpha value is -2.21. The molecule has 19 heavy (non-hydrogen) atoms. The highest BCUT2D eigenvalue weighted by atomic mass is 35.5. The van der Waals surface area contributed by atoms with Crippen LogP contribution in [0.25, 0.3) is 0 Å². The molecule has 0 aliphatic carbocycles. The molecule has 1 aromatic heterocycles. The Bertz CT molecular complexity index is 622. The van der Waals surface area contributed by atoms with E-state index in [1.54, 1.807) is 0 Å². The van der Waals surface area contributed by atoms with E-state index in [1.165, 1.54) is 31.6 Å². The maximum Gasteiger partial charge on any atom is 0.165 e. The number of ether oxygens (including phenoxy) is 1. The van der Waals surface area contributed by atoms with Crippen LogP contribution >= 0.6 is 11.6 Å². The highest BCUT2D eigenvalue weighted by Gasteiger charge is 2.10. The molecule has 0 aliphatic rings. The Morgan fingerprint density at radius 1 is 1.42 bits per heavy atom. The van der Waals surface area contributed by atoms with Gasteiger partial charge >= 0.3 is 0 Å². The number of rotatable bonds is 4. The molecule has 0 spiro atoms.